The zero-order valence-corrected chi connectivity index (χ0v) is 55.5. The highest BCUT2D eigenvalue weighted by molar-refractivity contribution is 5.71. The van der Waals surface area contributed by atoms with Crippen molar-refractivity contribution in [1.29, 1.82) is 0 Å². The minimum atomic E-state index is -0.776. The number of rotatable bonds is 69. The van der Waals surface area contributed by atoms with E-state index in [4.69, 9.17) is 14.2 Å². The molecule has 1 atom stereocenters. The SMILES string of the molecule is CCCCCCC/C=C\C/C=C\C/C=C\CCCCCCCCC(=O)OC(COC(=O)CCCCCCCCCCC)COC(=O)CCCCCCCCCCCCCCCCCCCCCCCCCCCCCCCCCCCC. The van der Waals surface area contributed by atoms with E-state index in [2.05, 4.69) is 57.2 Å². The average molecular weight is 1150 g/mol. The lowest BCUT2D eigenvalue weighted by Crippen LogP contribution is -2.30. The van der Waals surface area contributed by atoms with E-state index in [1.165, 1.54) is 295 Å². The monoisotopic (exact) mass is 1150 g/mol. The standard InChI is InChI=1S/C76H142O6/c1-4-7-10-13-16-19-21-23-25-27-29-31-32-33-34-35-36-37-38-39-40-41-42-43-45-46-48-50-52-54-57-60-63-66-69-75(78)81-72-73(71-80-74(77)68-65-62-59-56-18-15-12-9-6-3)82-76(79)70-67-64-61-58-55-53-51-49-47-44-30-28-26-24-22-20-17-14-11-8-5-2/h22,24,28,30,47,49,73H,4-21,23,25-27,29,31-46,48,50-72H2,1-3H3/b24-22-,30-28-,49-47-. The summed E-state index contributed by atoms with van der Waals surface area (Å²) < 4.78 is 16.9. The molecule has 6 heteroatoms. The molecule has 0 saturated heterocycles. The van der Waals surface area contributed by atoms with E-state index in [-0.39, 0.29) is 31.1 Å². The Balaban J connectivity index is 4.03. The van der Waals surface area contributed by atoms with Gasteiger partial charge in [-0.05, 0) is 57.8 Å². The molecular formula is C76H142O6. The van der Waals surface area contributed by atoms with Crippen molar-refractivity contribution in [2.24, 2.45) is 0 Å². The first-order valence-electron chi connectivity index (χ1n) is 37.0. The normalized spacial score (nSPS) is 12.2. The minimum absolute atomic E-state index is 0.0725. The van der Waals surface area contributed by atoms with Crippen molar-refractivity contribution >= 4 is 17.9 Å². The van der Waals surface area contributed by atoms with Crippen LogP contribution in [0.25, 0.3) is 0 Å². The van der Waals surface area contributed by atoms with E-state index in [0.29, 0.717) is 19.3 Å². The second-order valence-electron chi connectivity index (χ2n) is 25.2. The van der Waals surface area contributed by atoms with Crippen molar-refractivity contribution in [3.63, 3.8) is 0 Å². The predicted molar refractivity (Wildman–Crippen MR) is 358 cm³/mol. The molecule has 0 aliphatic heterocycles. The van der Waals surface area contributed by atoms with E-state index in [0.717, 1.165) is 77.0 Å². The quantitative estimate of drug-likeness (QED) is 0.0261. The molecule has 482 valence electrons. The van der Waals surface area contributed by atoms with Gasteiger partial charge in [0.2, 0.25) is 0 Å². The molecule has 0 heterocycles. The maximum absolute atomic E-state index is 12.9. The van der Waals surface area contributed by atoms with Crippen molar-refractivity contribution in [1.82, 2.24) is 0 Å². The van der Waals surface area contributed by atoms with Crippen LogP contribution >= 0.6 is 0 Å². The fourth-order valence-electron chi connectivity index (χ4n) is 11.3. The number of unbranched alkanes of at least 4 members (excludes halogenated alkanes) is 52. The van der Waals surface area contributed by atoms with Crippen molar-refractivity contribution < 1.29 is 28.6 Å². The van der Waals surface area contributed by atoms with E-state index in [9.17, 15) is 14.4 Å². The Morgan fingerprint density at radius 1 is 0.244 bits per heavy atom. The molecule has 0 aliphatic carbocycles. The topological polar surface area (TPSA) is 78.9 Å². The average Bonchev–Trinajstić information content (AvgIpc) is 3.48. The van der Waals surface area contributed by atoms with E-state index < -0.39 is 6.10 Å². The van der Waals surface area contributed by atoms with E-state index in [1.54, 1.807) is 0 Å². The van der Waals surface area contributed by atoms with Crippen LogP contribution in [0.4, 0.5) is 0 Å². The molecular weight excluding hydrogens is 1010 g/mol. The second-order valence-corrected chi connectivity index (χ2v) is 25.2. The van der Waals surface area contributed by atoms with Crippen LogP contribution in [0, 0.1) is 0 Å². The summed E-state index contributed by atoms with van der Waals surface area (Å²) in [5.74, 6) is -0.862. The number of carbonyl (C=O) groups is 3. The molecule has 0 rings (SSSR count). The zero-order valence-electron chi connectivity index (χ0n) is 55.5. The van der Waals surface area contributed by atoms with Gasteiger partial charge in [-0.25, -0.2) is 0 Å². The van der Waals surface area contributed by atoms with Crippen LogP contribution in [0.3, 0.4) is 0 Å². The highest BCUT2D eigenvalue weighted by Crippen LogP contribution is 2.19. The highest BCUT2D eigenvalue weighted by Gasteiger charge is 2.19. The second kappa shape index (κ2) is 71.1. The van der Waals surface area contributed by atoms with Gasteiger partial charge in [0, 0.05) is 19.3 Å². The van der Waals surface area contributed by atoms with Gasteiger partial charge < -0.3 is 14.2 Å². The Bertz CT molecular complexity index is 1370. The van der Waals surface area contributed by atoms with Crippen molar-refractivity contribution in [3.05, 3.63) is 36.5 Å². The van der Waals surface area contributed by atoms with Crippen LogP contribution in [-0.2, 0) is 28.6 Å². The third-order valence-corrected chi connectivity index (χ3v) is 16.9. The molecule has 82 heavy (non-hydrogen) atoms. The zero-order chi connectivity index (χ0) is 59.2. The first-order chi connectivity index (χ1) is 40.5. The summed E-state index contributed by atoms with van der Waals surface area (Å²) in [6.07, 6.45) is 89.3. The first-order valence-corrected chi connectivity index (χ1v) is 37.0. The van der Waals surface area contributed by atoms with Crippen molar-refractivity contribution in [2.75, 3.05) is 13.2 Å². The molecule has 0 amide bonds. The minimum Gasteiger partial charge on any atom is -0.462 e. The lowest BCUT2D eigenvalue weighted by atomic mass is 10.0. The number of hydrogen-bond donors (Lipinski definition) is 0. The van der Waals surface area contributed by atoms with Crippen LogP contribution in [0.15, 0.2) is 36.5 Å². The summed E-state index contributed by atoms with van der Waals surface area (Å²) in [5.41, 5.74) is 0. The van der Waals surface area contributed by atoms with Gasteiger partial charge in [0.05, 0.1) is 0 Å². The molecule has 0 aromatic rings. The number of ether oxygens (including phenoxy) is 3. The molecule has 0 bridgehead atoms. The molecule has 0 N–H and O–H groups in total. The largest absolute Gasteiger partial charge is 0.462 e. The Morgan fingerprint density at radius 2 is 0.439 bits per heavy atom. The van der Waals surface area contributed by atoms with Gasteiger partial charge in [-0.15, -0.1) is 0 Å². The maximum Gasteiger partial charge on any atom is 0.306 e. The van der Waals surface area contributed by atoms with Crippen LogP contribution in [0.1, 0.15) is 412 Å². The number of carbonyl (C=O) groups excluding carboxylic acids is 3. The summed E-state index contributed by atoms with van der Waals surface area (Å²) in [4.78, 5) is 38.3. The highest BCUT2D eigenvalue weighted by atomic mass is 16.6. The molecule has 0 aromatic carbocycles. The summed E-state index contributed by atoms with van der Waals surface area (Å²) in [7, 11) is 0. The fraction of sp³-hybridized carbons (Fsp3) is 0.882. The molecule has 0 aromatic heterocycles. The first kappa shape index (κ1) is 79.6. The van der Waals surface area contributed by atoms with Gasteiger partial charge in [0.25, 0.3) is 0 Å². The lowest BCUT2D eigenvalue weighted by Gasteiger charge is -2.18. The Kier molecular flexibility index (Phi) is 69.1. The number of esters is 3. The maximum atomic E-state index is 12.9. The molecule has 0 fully saturated rings. The van der Waals surface area contributed by atoms with Gasteiger partial charge in [-0.1, -0.05) is 372 Å². The third kappa shape index (κ3) is 68.4. The van der Waals surface area contributed by atoms with E-state index in [1.807, 2.05) is 0 Å². The molecule has 0 radical (unpaired) electrons. The fourth-order valence-corrected chi connectivity index (χ4v) is 11.3. The molecule has 1 unspecified atom stereocenters. The smallest absolute Gasteiger partial charge is 0.306 e. The summed E-state index contributed by atoms with van der Waals surface area (Å²) >= 11 is 0. The summed E-state index contributed by atoms with van der Waals surface area (Å²) in [5, 5.41) is 0. The van der Waals surface area contributed by atoms with Gasteiger partial charge >= 0.3 is 17.9 Å². The van der Waals surface area contributed by atoms with Gasteiger partial charge in [-0.3, -0.25) is 14.4 Å². The van der Waals surface area contributed by atoms with Crippen molar-refractivity contribution in [2.45, 2.75) is 419 Å². The molecule has 0 spiro atoms. The Morgan fingerprint density at radius 3 is 0.683 bits per heavy atom. The van der Waals surface area contributed by atoms with E-state index >= 15 is 0 Å². The Labute approximate surface area is 512 Å². The molecule has 0 saturated carbocycles. The van der Waals surface area contributed by atoms with Gasteiger partial charge in [0.1, 0.15) is 13.2 Å². The summed E-state index contributed by atoms with van der Waals surface area (Å²) in [6, 6.07) is 0. The van der Waals surface area contributed by atoms with Gasteiger partial charge in [-0.2, -0.15) is 0 Å². The number of hydrogen-bond acceptors (Lipinski definition) is 6. The number of allylic oxidation sites excluding steroid dienone is 6. The van der Waals surface area contributed by atoms with Crippen LogP contribution in [-0.4, -0.2) is 37.2 Å². The molecule has 6 nitrogen and oxygen atoms in total. The third-order valence-electron chi connectivity index (χ3n) is 16.9. The Hall–Kier alpha value is -2.37. The van der Waals surface area contributed by atoms with Crippen LogP contribution in [0.2, 0.25) is 0 Å². The summed E-state index contributed by atoms with van der Waals surface area (Å²) in [6.45, 7) is 6.67. The molecule has 0 aliphatic rings. The lowest BCUT2D eigenvalue weighted by molar-refractivity contribution is -0.167. The predicted octanol–water partition coefficient (Wildman–Crippen LogP) is 25.5. The van der Waals surface area contributed by atoms with Gasteiger partial charge in [0.15, 0.2) is 6.10 Å². The van der Waals surface area contributed by atoms with Crippen molar-refractivity contribution in [3.8, 4) is 0 Å². The van der Waals surface area contributed by atoms with Crippen LogP contribution < -0.4 is 0 Å². The van der Waals surface area contributed by atoms with Crippen LogP contribution in [0.5, 0.6) is 0 Å².